The Morgan fingerprint density at radius 2 is 2.12 bits per heavy atom. The molecule has 2 fully saturated rings. The van der Waals surface area contributed by atoms with Crippen molar-refractivity contribution in [3.8, 4) is 0 Å². The minimum atomic E-state index is -0.387. The Morgan fingerprint density at radius 3 is 2.80 bits per heavy atom. The molecule has 3 heterocycles. The zero-order valence-electron chi connectivity index (χ0n) is 13.2. The van der Waals surface area contributed by atoms with Gasteiger partial charge in [-0.3, -0.25) is 19.7 Å². The second kappa shape index (κ2) is 6.25. The van der Waals surface area contributed by atoms with E-state index >= 15 is 0 Å². The number of amides is 3. The Labute approximate surface area is 147 Å². The normalized spacial score (nSPS) is 19.0. The maximum absolute atomic E-state index is 11.9. The summed E-state index contributed by atoms with van der Waals surface area (Å²) in [4.78, 5) is 37.0. The minimum absolute atomic E-state index is 0.00332. The fourth-order valence-corrected chi connectivity index (χ4v) is 3.34. The fourth-order valence-electron chi connectivity index (χ4n) is 2.66. The first-order valence-corrected chi connectivity index (χ1v) is 8.65. The maximum Gasteiger partial charge on any atom is 0.290 e. The zero-order valence-corrected chi connectivity index (χ0v) is 14.0. The van der Waals surface area contributed by atoms with E-state index in [0.717, 1.165) is 47.8 Å². The van der Waals surface area contributed by atoms with E-state index in [4.69, 9.17) is 4.42 Å². The van der Waals surface area contributed by atoms with Gasteiger partial charge in [0.05, 0.1) is 11.2 Å². The van der Waals surface area contributed by atoms with Crippen molar-refractivity contribution in [3.63, 3.8) is 0 Å². The average Bonchev–Trinajstić information content (AvgIpc) is 3.06. The molecule has 0 spiro atoms. The van der Waals surface area contributed by atoms with E-state index in [-0.39, 0.29) is 17.1 Å². The number of benzene rings is 1. The highest BCUT2D eigenvalue weighted by Gasteiger charge is 2.25. The van der Waals surface area contributed by atoms with Crippen molar-refractivity contribution in [1.29, 1.82) is 0 Å². The summed E-state index contributed by atoms with van der Waals surface area (Å²) in [5.74, 6) is -0.390. The maximum atomic E-state index is 11.9. The van der Waals surface area contributed by atoms with Gasteiger partial charge in [0.1, 0.15) is 5.58 Å². The number of hydrogen-bond acceptors (Lipinski definition) is 5. The van der Waals surface area contributed by atoms with Crippen LogP contribution in [-0.2, 0) is 9.59 Å². The molecule has 6 nitrogen and oxygen atoms in total. The van der Waals surface area contributed by atoms with Gasteiger partial charge in [0.25, 0.3) is 11.1 Å². The second-order valence-corrected chi connectivity index (χ2v) is 6.83. The van der Waals surface area contributed by atoms with Crippen molar-refractivity contribution in [2.45, 2.75) is 6.42 Å². The van der Waals surface area contributed by atoms with E-state index in [1.807, 2.05) is 12.1 Å². The molecule has 2 saturated heterocycles. The van der Waals surface area contributed by atoms with E-state index in [1.165, 1.54) is 0 Å². The van der Waals surface area contributed by atoms with Crippen LogP contribution in [0.4, 0.5) is 4.79 Å². The summed E-state index contributed by atoms with van der Waals surface area (Å²) >= 11 is 0.880. The lowest BCUT2D eigenvalue weighted by Crippen LogP contribution is -2.40. The zero-order chi connectivity index (χ0) is 17.4. The molecule has 1 N–H and O–H groups in total. The van der Waals surface area contributed by atoms with E-state index < -0.39 is 0 Å². The quantitative estimate of drug-likeness (QED) is 0.857. The number of nitrogens with one attached hydrogen (secondary N) is 1. The molecular formula is C18H14N2O4S. The lowest BCUT2D eigenvalue weighted by molar-refractivity contribution is -0.129. The van der Waals surface area contributed by atoms with E-state index in [0.29, 0.717) is 10.5 Å². The van der Waals surface area contributed by atoms with E-state index in [9.17, 15) is 14.4 Å². The monoisotopic (exact) mass is 354 g/mol. The summed E-state index contributed by atoms with van der Waals surface area (Å²) in [5.41, 5.74) is 2.27. The van der Waals surface area contributed by atoms with Crippen LogP contribution in [0.2, 0.25) is 0 Å². The highest BCUT2D eigenvalue weighted by atomic mass is 32.2. The van der Waals surface area contributed by atoms with Crippen molar-refractivity contribution < 1.29 is 18.8 Å². The van der Waals surface area contributed by atoms with Gasteiger partial charge in [-0.15, -0.1) is 0 Å². The molecule has 126 valence electrons. The van der Waals surface area contributed by atoms with Crippen LogP contribution in [0.1, 0.15) is 17.5 Å². The average molecular weight is 354 g/mol. The molecule has 3 amide bonds. The van der Waals surface area contributed by atoms with E-state index in [2.05, 4.69) is 5.32 Å². The van der Waals surface area contributed by atoms with Gasteiger partial charge in [-0.2, -0.15) is 0 Å². The first-order chi connectivity index (χ1) is 12.1. The molecular weight excluding hydrogens is 340 g/mol. The molecule has 0 aliphatic carbocycles. The third-order valence-electron chi connectivity index (χ3n) is 4.14. The van der Waals surface area contributed by atoms with Crippen LogP contribution < -0.4 is 5.32 Å². The van der Waals surface area contributed by atoms with Crippen molar-refractivity contribution in [3.05, 3.63) is 46.6 Å². The van der Waals surface area contributed by atoms with Gasteiger partial charge in [0.15, 0.2) is 0 Å². The molecule has 1 aromatic heterocycles. The number of likely N-dealkylation sites (tertiary alicyclic amines) is 1. The van der Waals surface area contributed by atoms with Gasteiger partial charge >= 0.3 is 0 Å². The van der Waals surface area contributed by atoms with Crippen molar-refractivity contribution >= 4 is 51.9 Å². The molecule has 0 bridgehead atoms. The van der Waals surface area contributed by atoms with Crippen LogP contribution >= 0.6 is 11.8 Å². The number of fused-ring (bicyclic) bond motifs is 1. The Kier molecular flexibility index (Phi) is 3.93. The smallest absolute Gasteiger partial charge is 0.290 e. The van der Waals surface area contributed by atoms with Crippen LogP contribution in [0.25, 0.3) is 23.1 Å². The van der Waals surface area contributed by atoms with Crippen molar-refractivity contribution in [1.82, 2.24) is 10.2 Å². The molecule has 2 aliphatic rings. The molecule has 7 heteroatoms. The van der Waals surface area contributed by atoms with Crippen LogP contribution in [0.15, 0.2) is 39.9 Å². The summed E-state index contributed by atoms with van der Waals surface area (Å²) in [6.07, 6.45) is 7.61. The van der Waals surface area contributed by atoms with Gasteiger partial charge in [-0.05, 0) is 48.0 Å². The van der Waals surface area contributed by atoms with Gasteiger partial charge in [-0.1, -0.05) is 6.07 Å². The SMILES string of the molecule is O=C1NC(=O)C(=Cc2ccc3occ(C=CC(=O)N4CCC4)c3c2)S1. The first kappa shape index (κ1) is 15.7. The minimum Gasteiger partial charge on any atom is -0.464 e. The second-order valence-electron chi connectivity index (χ2n) is 5.81. The topological polar surface area (TPSA) is 79.6 Å². The number of thioether (sulfide) groups is 1. The predicted molar refractivity (Wildman–Crippen MR) is 95.6 cm³/mol. The van der Waals surface area contributed by atoms with Crippen molar-refractivity contribution in [2.24, 2.45) is 0 Å². The molecule has 4 rings (SSSR count). The number of nitrogens with zero attached hydrogens (tertiary/aromatic N) is 1. The summed E-state index contributed by atoms with van der Waals surface area (Å²) in [6.45, 7) is 1.62. The molecule has 0 unspecified atom stereocenters. The number of furan rings is 1. The predicted octanol–water partition coefficient (Wildman–Crippen LogP) is 3.00. The van der Waals surface area contributed by atoms with Crippen LogP contribution in [-0.4, -0.2) is 35.0 Å². The summed E-state index contributed by atoms with van der Waals surface area (Å²) < 4.78 is 5.51. The Hall–Kier alpha value is -2.80. The lowest BCUT2D eigenvalue weighted by Gasteiger charge is -2.29. The fraction of sp³-hybridized carbons (Fsp3) is 0.167. The first-order valence-electron chi connectivity index (χ1n) is 7.83. The van der Waals surface area contributed by atoms with Gasteiger partial charge in [0.2, 0.25) is 5.91 Å². The molecule has 25 heavy (non-hydrogen) atoms. The number of imide groups is 1. The standard InChI is InChI=1S/C18H14N2O4S/c21-16(20-6-1-7-20)5-3-12-10-24-14-4-2-11(8-13(12)14)9-15-17(22)19-18(23)25-15/h2-5,8-10H,1,6-7H2,(H,19,22,23). The van der Waals surface area contributed by atoms with Gasteiger partial charge in [-0.25, -0.2) is 0 Å². The highest BCUT2D eigenvalue weighted by Crippen LogP contribution is 2.28. The van der Waals surface area contributed by atoms with Crippen LogP contribution in [0.3, 0.4) is 0 Å². The summed E-state index contributed by atoms with van der Waals surface area (Å²) in [5, 5.41) is 2.71. The van der Waals surface area contributed by atoms with Gasteiger partial charge in [0, 0.05) is 30.1 Å². The number of carbonyl (C=O) groups is 3. The van der Waals surface area contributed by atoms with Crippen LogP contribution in [0.5, 0.6) is 0 Å². The third kappa shape index (κ3) is 3.10. The molecule has 2 aromatic rings. The Morgan fingerprint density at radius 1 is 1.28 bits per heavy atom. The highest BCUT2D eigenvalue weighted by molar-refractivity contribution is 8.18. The van der Waals surface area contributed by atoms with E-state index in [1.54, 1.807) is 35.5 Å². The number of rotatable bonds is 3. The largest absolute Gasteiger partial charge is 0.464 e. The summed E-state index contributed by atoms with van der Waals surface area (Å²) in [6, 6.07) is 5.49. The molecule has 0 atom stereocenters. The van der Waals surface area contributed by atoms with Gasteiger partial charge < -0.3 is 9.32 Å². The molecule has 2 aliphatic heterocycles. The van der Waals surface area contributed by atoms with Crippen LogP contribution in [0, 0.1) is 0 Å². The number of hydrogen-bond donors (Lipinski definition) is 1. The van der Waals surface area contributed by atoms with Crippen molar-refractivity contribution in [2.75, 3.05) is 13.1 Å². The molecule has 1 aromatic carbocycles. The molecule has 0 radical (unpaired) electrons. The third-order valence-corrected chi connectivity index (χ3v) is 4.95. The molecule has 0 saturated carbocycles. The number of carbonyl (C=O) groups excluding carboxylic acids is 3. The lowest BCUT2D eigenvalue weighted by atomic mass is 10.1. The Balaban J connectivity index is 1.62. The summed E-state index contributed by atoms with van der Waals surface area (Å²) in [7, 11) is 0. The Bertz CT molecular complexity index is 953.